The number of hydrogen-bond acceptors (Lipinski definition) is 4. The molecule has 124 valence electrons. The van der Waals surface area contributed by atoms with Gasteiger partial charge in [0.25, 0.3) is 5.91 Å². The van der Waals surface area contributed by atoms with Gasteiger partial charge in [0.15, 0.2) is 0 Å². The third kappa shape index (κ3) is 3.20. The van der Waals surface area contributed by atoms with Crippen LogP contribution < -0.4 is 20.8 Å². The molecular weight excluding hydrogens is 300 g/mol. The molecule has 1 aromatic rings. The molecule has 0 radical (unpaired) electrons. The zero-order valence-corrected chi connectivity index (χ0v) is 13.3. The number of nitrogens with zero attached hydrogens (tertiary/aromatic N) is 1. The third-order valence-electron chi connectivity index (χ3n) is 3.93. The molecule has 1 heterocycles. The highest BCUT2D eigenvalue weighted by atomic mass is 16.5. The Labute approximate surface area is 134 Å². The van der Waals surface area contributed by atoms with E-state index in [-0.39, 0.29) is 0 Å². The Morgan fingerprint density at radius 2 is 1.83 bits per heavy atom. The van der Waals surface area contributed by atoms with Gasteiger partial charge in [-0.1, -0.05) is 13.8 Å². The summed E-state index contributed by atoms with van der Waals surface area (Å²) in [4.78, 5) is 36.3. The molecule has 1 aliphatic heterocycles. The van der Waals surface area contributed by atoms with Crippen LogP contribution in [-0.4, -0.2) is 35.6 Å². The number of carbonyl (C=O) groups excluding carboxylic acids is 3. The summed E-state index contributed by atoms with van der Waals surface area (Å²) in [5, 5.41) is 5.89. The second kappa shape index (κ2) is 6.55. The van der Waals surface area contributed by atoms with Crippen molar-refractivity contribution >= 4 is 23.7 Å². The van der Waals surface area contributed by atoms with E-state index in [1.54, 1.807) is 31.4 Å². The van der Waals surface area contributed by atoms with Crippen molar-refractivity contribution < 1.29 is 19.1 Å². The van der Waals surface area contributed by atoms with Gasteiger partial charge in [-0.3, -0.25) is 4.79 Å². The minimum Gasteiger partial charge on any atom is -0.497 e. The first-order valence-electron chi connectivity index (χ1n) is 7.34. The molecular formula is C15H20N4O4. The van der Waals surface area contributed by atoms with E-state index in [0.29, 0.717) is 29.3 Å². The first-order valence-corrected chi connectivity index (χ1v) is 7.34. The van der Waals surface area contributed by atoms with E-state index in [1.807, 2.05) is 13.8 Å². The highest BCUT2D eigenvalue weighted by Crippen LogP contribution is 2.23. The molecule has 0 unspecified atom stereocenters. The Morgan fingerprint density at radius 1 is 1.22 bits per heavy atom. The normalized spacial score (nSPS) is 16.0. The molecule has 0 bridgehead atoms. The SMILES string of the molecule is CCC1(CC)NC(=O)N(NC(=O)Nc2ccc(OC)cc2)C1=O. The topological polar surface area (TPSA) is 99.8 Å². The lowest BCUT2D eigenvalue weighted by molar-refractivity contribution is -0.133. The molecule has 23 heavy (non-hydrogen) atoms. The number of imide groups is 1. The van der Waals surface area contributed by atoms with Gasteiger partial charge in [0, 0.05) is 5.69 Å². The molecule has 8 heteroatoms. The lowest BCUT2D eigenvalue weighted by Gasteiger charge is -2.23. The fourth-order valence-electron chi connectivity index (χ4n) is 2.39. The second-order valence-corrected chi connectivity index (χ2v) is 5.15. The fourth-order valence-corrected chi connectivity index (χ4v) is 2.39. The number of anilines is 1. The van der Waals surface area contributed by atoms with E-state index >= 15 is 0 Å². The zero-order valence-electron chi connectivity index (χ0n) is 13.3. The Hall–Kier alpha value is -2.77. The maximum absolute atomic E-state index is 12.4. The van der Waals surface area contributed by atoms with E-state index < -0.39 is 23.5 Å². The maximum atomic E-state index is 12.4. The highest BCUT2D eigenvalue weighted by Gasteiger charge is 2.49. The third-order valence-corrected chi connectivity index (χ3v) is 3.93. The first kappa shape index (κ1) is 16.6. The number of benzene rings is 1. The molecule has 1 fully saturated rings. The standard InChI is InChI=1S/C15H20N4O4/c1-4-15(5-2)12(20)19(14(22)17-15)18-13(21)16-10-6-8-11(23-3)9-7-10/h6-9H,4-5H2,1-3H3,(H,17,22)(H2,16,18,21). The molecule has 0 atom stereocenters. The number of amides is 5. The van der Waals surface area contributed by atoms with Crippen LogP contribution in [0.3, 0.4) is 0 Å². The minimum absolute atomic E-state index is 0.451. The smallest absolute Gasteiger partial charge is 0.344 e. The molecule has 1 saturated heterocycles. The second-order valence-electron chi connectivity index (χ2n) is 5.15. The monoisotopic (exact) mass is 320 g/mol. The van der Waals surface area contributed by atoms with Gasteiger partial charge in [-0.25, -0.2) is 15.0 Å². The minimum atomic E-state index is -0.954. The Bertz CT molecular complexity index is 610. The number of hydrogen-bond donors (Lipinski definition) is 3. The van der Waals surface area contributed by atoms with Crippen LogP contribution in [0.5, 0.6) is 5.75 Å². The summed E-state index contributed by atoms with van der Waals surface area (Å²) in [5.41, 5.74) is 1.82. The van der Waals surface area contributed by atoms with Gasteiger partial charge in [-0.15, -0.1) is 0 Å². The largest absolute Gasteiger partial charge is 0.497 e. The number of carbonyl (C=O) groups is 3. The van der Waals surface area contributed by atoms with Crippen LogP contribution in [0.2, 0.25) is 0 Å². The van der Waals surface area contributed by atoms with E-state index in [1.165, 1.54) is 0 Å². The lowest BCUT2D eigenvalue weighted by Crippen LogP contribution is -2.50. The van der Waals surface area contributed by atoms with Gasteiger partial charge in [-0.05, 0) is 37.1 Å². The van der Waals surface area contributed by atoms with Gasteiger partial charge in [-0.2, -0.15) is 5.01 Å². The lowest BCUT2D eigenvalue weighted by atomic mass is 9.93. The van der Waals surface area contributed by atoms with Crippen molar-refractivity contribution in [3.63, 3.8) is 0 Å². The van der Waals surface area contributed by atoms with Crippen molar-refractivity contribution in [2.45, 2.75) is 32.2 Å². The average molecular weight is 320 g/mol. The van der Waals surface area contributed by atoms with Crippen molar-refractivity contribution in [1.82, 2.24) is 15.8 Å². The van der Waals surface area contributed by atoms with E-state index in [2.05, 4.69) is 16.1 Å². The Morgan fingerprint density at radius 3 is 2.30 bits per heavy atom. The van der Waals surface area contributed by atoms with E-state index in [9.17, 15) is 14.4 Å². The van der Waals surface area contributed by atoms with Crippen molar-refractivity contribution in [2.24, 2.45) is 0 Å². The Balaban J connectivity index is 2.02. The zero-order chi connectivity index (χ0) is 17.0. The number of hydrazine groups is 1. The molecule has 0 aliphatic carbocycles. The predicted molar refractivity (Wildman–Crippen MR) is 83.8 cm³/mol. The van der Waals surface area contributed by atoms with Gasteiger partial charge in [0.1, 0.15) is 11.3 Å². The fraction of sp³-hybridized carbons (Fsp3) is 0.400. The summed E-state index contributed by atoms with van der Waals surface area (Å²) in [6, 6.07) is 5.34. The van der Waals surface area contributed by atoms with Crippen LogP contribution >= 0.6 is 0 Å². The number of ether oxygens (including phenoxy) is 1. The number of rotatable bonds is 5. The van der Waals surface area contributed by atoms with Gasteiger partial charge in [0.05, 0.1) is 7.11 Å². The van der Waals surface area contributed by atoms with Crippen LogP contribution in [0.15, 0.2) is 24.3 Å². The van der Waals surface area contributed by atoms with Gasteiger partial charge >= 0.3 is 12.1 Å². The molecule has 3 N–H and O–H groups in total. The van der Waals surface area contributed by atoms with Gasteiger partial charge < -0.3 is 15.4 Å². The highest BCUT2D eigenvalue weighted by molar-refractivity contribution is 6.08. The van der Waals surface area contributed by atoms with Crippen molar-refractivity contribution in [3.05, 3.63) is 24.3 Å². The van der Waals surface area contributed by atoms with Crippen LogP contribution in [0.4, 0.5) is 15.3 Å². The number of urea groups is 2. The maximum Gasteiger partial charge on any atom is 0.344 e. The summed E-state index contributed by atoms with van der Waals surface area (Å²) in [7, 11) is 1.54. The molecule has 0 saturated carbocycles. The van der Waals surface area contributed by atoms with Crippen LogP contribution in [-0.2, 0) is 4.79 Å². The molecule has 1 aliphatic rings. The summed E-state index contributed by atoms with van der Waals surface area (Å²) in [5.74, 6) is 0.193. The van der Waals surface area contributed by atoms with Gasteiger partial charge in [0.2, 0.25) is 0 Å². The van der Waals surface area contributed by atoms with Crippen molar-refractivity contribution in [3.8, 4) is 5.75 Å². The van der Waals surface area contributed by atoms with E-state index in [0.717, 1.165) is 0 Å². The predicted octanol–water partition coefficient (Wildman–Crippen LogP) is 1.84. The summed E-state index contributed by atoms with van der Waals surface area (Å²) >= 11 is 0. The summed E-state index contributed by atoms with van der Waals surface area (Å²) in [6.07, 6.45) is 0.901. The quantitative estimate of drug-likeness (QED) is 0.721. The summed E-state index contributed by atoms with van der Waals surface area (Å²) < 4.78 is 5.02. The molecule has 0 spiro atoms. The molecule has 2 rings (SSSR count). The molecule has 5 amide bonds. The van der Waals surface area contributed by atoms with Crippen LogP contribution in [0.25, 0.3) is 0 Å². The molecule has 1 aromatic carbocycles. The average Bonchev–Trinajstić information content (AvgIpc) is 2.80. The van der Waals surface area contributed by atoms with Crippen molar-refractivity contribution in [1.29, 1.82) is 0 Å². The molecule has 0 aromatic heterocycles. The van der Waals surface area contributed by atoms with Crippen molar-refractivity contribution in [2.75, 3.05) is 12.4 Å². The van der Waals surface area contributed by atoms with E-state index in [4.69, 9.17) is 4.74 Å². The summed E-state index contributed by atoms with van der Waals surface area (Å²) in [6.45, 7) is 3.62. The van der Waals surface area contributed by atoms with Crippen LogP contribution in [0, 0.1) is 0 Å². The molecule has 8 nitrogen and oxygen atoms in total. The Kier molecular flexibility index (Phi) is 4.73. The first-order chi connectivity index (χ1) is 11.0. The number of methoxy groups -OCH3 is 1. The van der Waals surface area contributed by atoms with Crippen LogP contribution in [0.1, 0.15) is 26.7 Å². The number of nitrogens with one attached hydrogen (secondary N) is 3.